The third-order valence-corrected chi connectivity index (χ3v) is 4.12. The largest absolute Gasteiger partial charge is 0.316 e. The molecular formula is C10H17N7O2S. The number of sulfonamides is 1. The van der Waals surface area contributed by atoms with E-state index in [1.54, 1.807) is 24.1 Å². The lowest BCUT2D eigenvalue weighted by molar-refractivity contribution is 0.540. The number of aromatic nitrogens is 5. The molecule has 0 aliphatic rings. The summed E-state index contributed by atoms with van der Waals surface area (Å²) in [5.74, 6) is 0. The Labute approximate surface area is 116 Å². The van der Waals surface area contributed by atoms with Crippen molar-refractivity contribution in [2.75, 3.05) is 13.6 Å². The van der Waals surface area contributed by atoms with Gasteiger partial charge in [-0.05, 0) is 13.5 Å². The maximum absolute atomic E-state index is 12.1. The Balaban J connectivity index is 1.88. The van der Waals surface area contributed by atoms with Gasteiger partial charge in [-0.3, -0.25) is 9.78 Å². The van der Waals surface area contributed by atoms with Gasteiger partial charge in [-0.2, -0.15) is 5.10 Å². The number of aryl methyl sites for hydroxylation is 1. The van der Waals surface area contributed by atoms with Crippen molar-refractivity contribution < 1.29 is 8.42 Å². The van der Waals surface area contributed by atoms with Gasteiger partial charge in [0, 0.05) is 31.4 Å². The Hall–Kier alpha value is -1.78. The summed E-state index contributed by atoms with van der Waals surface area (Å²) in [5.41, 5.74) is 0.608. The van der Waals surface area contributed by atoms with Crippen LogP contribution >= 0.6 is 0 Å². The van der Waals surface area contributed by atoms with Gasteiger partial charge < -0.3 is 5.32 Å². The maximum atomic E-state index is 12.1. The van der Waals surface area contributed by atoms with E-state index in [-0.39, 0.29) is 5.03 Å². The minimum absolute atomic E-state index is 0.104. The second kappa shape index (κ2) is 6.59. The maximum Gasteiger partial charge on any atom is 0.257 e. The van der Waals surface area contributed by atoms with Crippen molar-refractivity contribution in [1.82, 2.24) is 35.2 Å². The standard InChI is InChI=1S/C10H17N7O2S/c1-11-7-9-8-13-15-10(9)20(18,19)14-3-2-5-17-6-4-12-16-17/h4,6,8,11,14H,2-3,5,7H2,1H3,(H,13,15). The van der Waals surface area contributed by atoms with Gasteiger partial charge in [-0.1, -0.05) is 5.21 Å². The number of hydrogen-bond acceptors (Lipinski definition) is 6. The lowest BCUT2D eigenvalue weighted by Crippen LogP contribution is -2.27. The Bertz CT molecular complexity index is 620. The number of nitrogens with zero attached hydrogens (tertiary/aromatic N) is 4. The summed E-state index contributed by atoms with van der Waals surface area (Å²) in [6.07, 6.45) is 5.44. The van der Waals surface area contributed by atoms with Crippen molar-refractivity contribution in [1.29, 1.82) is 0 Å². The molecule has 0 fully saturated rings. The van der Waals surface area contributed by atoms with E-state index >= 15 is 0 Å². The number of hydrogen-bond donors (Lipinski definition) is 3. The van der Waals surface area contributed by atoms with E-state index in [1.165, 1.54) is 6.20 Å². The van der Waals surface area contributed by atoms with E-state index in [9.17, 15) is 8.42 Å². The zero-order valence-corrected chi connectivity index (χ0v) is 11.9. The first-order chi connectivity index (χ1) is 9.63. The van der Waals surface area contributed by atoms with Crippen molar-refractivity contribution in [3.05, 3.63) is 24.2 Å². The van der Waals surface area contributed by atoms with Gasteiger partial charge >= 0.3 is 0 Å². The van der Waals surface area contributed by atoms with Crippen molar-refractivity contribution in [3.8, 4) is 0 Å². The van der Waals surface area contributed by atoms with Crippen molar-refractivity contribution in [3.63, 3.8) is 0 Å². The summed E-state index contributed by atoms with van der Waals surface area (Å²) in [6.45, 7) is 1.36. The van der Waals surface area contributed by atoms with Crippen LogP contribution in [0.2, 0.25) is 0 Å². The normalized spacial score (nSPS) is 11.8. The molecule has 0 aliphatic heterocycles. The van der Waals surface area contributed by atoms with Gasteiger partial charge in [0.25, 0.3) is 10.0 Å². The van der Waals surface area contributed by atoms with Crippen LogP contribution in [0.3, 0.4) is 0 Å². The van der Waals surface area contributed by atoms with Gasteiger partial charge in [0.1, 0.15) is 0 Å². The number of aromatic amines is 1. The predicted molar refractivity (Wildman–Crippen MR) is 71.2 cm³/mol. The third-order valence-electron chi connectivity index (χ3n) is 2.64. The Morgan fingerprint density at radius 2 is 2.30 bits per heavy atom. The smallest absolute Gasteiger partial charge is 0.257 e. The lowest BCUT2D eigenvalue weighted by atomic mass is 10.4. The zero-order valence-electron chi connectivity index (χ0n) is 11.1. The summed E-state index contributed by atoms with van der Waals surface area (Å²) in [6, 6.07) is 0. The van der Waals surface area contributed by atoms with Crippen LogP contribution in [-0.4, -0.2) is 47.2 Å². The van der Waals surface area contributed by atoms with Crippen LogP contribution in [0.25, 0.3) is 0 Å². The van der Waals surface area contributed by atoms with Crippen LogP contribution in [0.1, 0.15) is 12.0 Å². The van der Waals surface area contributed by atoms with E-state index in [0.29, 0.717) is 31.6 Å². The molecule has 2 aromatic rings. The topological polar surface area (TPSA) is 118 Å². The molecular weight excluding hydrogens is 282 g/mol. The highest BCUT2D eigenvalue weighted by Crippen LogP contribution is 2.11. The fourth-order valence-electron chi connectivity index (χ4n) is 1.72. The number of H-pyrrole nitrogens is 1. The van der Waals surface area contributed by atoms with Crippen LogP contribution in [0.4, 0.5) is 0 Å². The SMILES string of the molecule is CNCc1cn[nH]c1S(=O)(=O)NCCCn1ccnn1. The van der Waals surface area contributed by atoms with Gasteiger partial charge in [0.15, 0.2) is 5.03 Å². The van der Waals surface area contributed by atoms with Gasteiger partial charge in [-0.25, -0.2) is 13.1 Å². The first-order valence-electron chi connectivity index (χ1n) is 6.14. The third kappa shape index (κ3) is 3.62. The zero-order chi connectivity index (χ0) is 14.4. The number of rotatable bonds is 8. The fourth-order valence-corrected chi connectivity index (χ4v) is 2.92. The summed E-state index contributed by atoms with van der Waals surface area (Å²) >= 11 is 0. The lowest BCUT2D eigenvalue weighted by Gasteiger charge is -2.07. The fraction of sp³-hybridized carbons (Fsp3) is 0.500. The van der Waals surface area contributed by atoms with E-state index in [2.05, 4.69) is 30.5 Å². The minimum Gasteiger partial charge on any atom is -0.316 e. The molecule has 2 rings (SSSR count). The van der Waals surface area contributed by atoms with E-state index < -0.39 is 10.0 Å². The van der Waals surface area contributed by atoms with Gasteiger partial charge in [0.05, 0.1) is 12.4 Å². The first kappa shape index (κ1) is 14.6. The molecule has 0 aromatic carbocycles. The highest BCUT2D eigenvalue weighted by Gasteiger charge is 2.19. The summed E-state index contributed by atoms with van der Waals surface area (Å²) < 4.78 is 28.4. The first-order valence-corrected chi connectivity index (χ1v) is 7.62. The van der Waals surface area contributed by atoms with Crippen molar-refractivity contribution >= 4 is 10.0 Å². The molecule has 0 spiro atoms. The van der Waals surface area contributed by atoms with E-state index in [4.69, 9.17) is 0 Å². The summed E-state index contributed by atoms with van der Waals surface area (Å²) in [4.78, 5) is 0. The molecule has 3 N–H and O–H groups in total. The van der Waals surface area contributed by atoms with Crippen LogP contribution in [0.5, 0.6) is 0 Å². The molecule has 0 saturated heterocycles. The van der Waals surface area contributed by atoms with Crippen LogP contribution in [0, 0.1) is 0 Å². The number of nitrogens with one attached hydrogen (secondary N) is 3. The molecule has 0 amide bonds. The minimum atomic E-state index is -3.56. The van der Waals surface area contributed by atoms with Crippen molar-refractivity contribution in [2.24, 2.45) is 0 Å². The second-order valence-corrected chi connectivity index (χ2v) is 5.88. The van der Waals surface area contributed by atoms with E-state index in [0.717, 1.165) is 0 Å². The van der Waals surface area contributed by atoms with Gasteiger partial charge in [0.2, 0.25) is 0 Å². The highest BCUT2D eigenvalue weighted by molar-refractivity contribution is 7.89. The molecule has 0 bridgehead atoms. The molecule has 10 heteroatoms. The summed E-state index contributed by atoms with van der Waals surface area (Å²) in [5, 5.41) is 16.8. The molecule has 9 nitrogen and oxygen atoms in total. The molecule has 110 valence electrons. The van der Waals surface area contributed by atoms with Crippen LogP contribution in [-0.2, 0) is 23.1 Å². The van der Waals surface area contributed by atoms with Crippen molar-refractivity contribution in [2.45, 2.75) is 24.5 Å². The molecule has 0 atom stereocenters. The molecule has 0 saturated carbocycles. The molecule has 0 aliphatic carbocycles. The molecule has 20 heavy (non-hydrogen) atoms. The molecule has 2 heterocycles. The Kier molecular flexibility index (Phi) is 4.82. The Morgan fingerprint density at radius 1 is 1.45 bits per heavy atom. The second-order valence-electron chi connectivity index (χ2n) is 4.17. The summed E-state index contributed by atoms with van der Waals surface area (Å²) in [7, 11) is -1.82. The highest BCUT2D eigenvalue weighted by atomic mass is 32.2. The van der Waals surface area contributed by atoms with E-state index in [1.807, 2.05) is 0 Å². The van der Waals surface area contributed by atoms with Gasteiger partial charge in [-0.15, -0.1) is 5.10 Å². The van der Waals surface area contributed by atoms with Crippen LogP contribution in [0.15, 0.2) is 23.6 Å². The molecule has 0 radical (unpaired) electrons. The monoisotopic (exact) mass is 299 g/mol. The average molecular weight is 299 g/mol. The quantitative estimate of drug-likeness (QED) is 0.543. The van der Waals surface area contributed by atoms with Crippen LogP contribution < -0.4 is 10.0 Å². The molecule has 2 aromatic heterocycles. The Morgan fingerprint density at radius 3 is 3.00 bits per heavy atom. The average Bonchev–Trinajstić information content (AvgIpc) is 3.06. The molecule has 0 unspecified atom stereocenters. The predicted octanol–water partition coefficient (Wildman–Crippen LogP) is -0.911.